The Morgan fingerprint density at radius 3 is 2.56 bits per heavy atom. The number of benzene rings is 2. The van der Waals surface area contributed by atoms with Crippen molar-refractivity contribution < 1.29 is 4.42 Å². The van der Waals surface area contributed by atoms with Gasteiger partial charge in [0.15, 0.2) is 5.69 Å². The highest BCUT2D eigenvalue weighted by atomic mass is 79.9. The van der Waals surface area contributed by atoms with Crippen LogP contribution in [0.5, 0.6) is 0 Å². The number of thiophene rings is 1. The van der Waals surface area contributed by atoms with E-state index >= 15 is 0 Å². The Hall–Kier alpha value is -2.45. The first-order valence-electron chi connectivity index (χ1n) is 10.7. The Bertz CT molecular complexity index is 1430. The summed E-state index contributed by atoms with van der Waals surface area (Å²) in [5.41, 5.74) is 4.31. The molecule has 0 unspecified atom stereocenters. The lowest BCUT2D eigenvalue weighted by Gasteiger charge is -2.11. The van der Waals surface area contributed by atoms with Gasteiger partial charge in [-0.25, -0.2) is 4.68 Å². The molecule has 0 spiro atoms. The molecule has 5 nitrogen and oxygen atoms in total. The summed E-state index contributed by atoms with van der Waals surface area (Å²) in [6, 6.07) is 17.6. The molecule has 0 N–H and O–H groups in total. The first-order valence-corrected chi connectivity index (χ1v) is 13.1. The maximum absolute atomic E-state index is 6.59. The van der Waals surface area contributed by atoms with Gasteiger partial charge in [0.1, 0.15) is 0 Å². The zero-order valence-corrected chi connectivity index (χ0v) is 22.0. The van der Waals surface area contributed by atoms with Crippen LogP contribution in [0.2, 0.25) is 10.0 Å². The molecule has 0 amide bonds. The van der Waals surface area contributed by atoms with Crippen LogP contribution < -0.4 is 0 Å². The molecule has 0 aliphatic rings. The van der Waals surface area contributed by atoms with E-state index in [1.807, 2.05) is 41.1 Å². The molecule has 0 bridgehead atoms. The molecule has 9 heteroatoms. The molecule has 172 valence electrons. The van der Waals surface area contributed by atoms with Crippen LogP contribution >= 0.6 is 50.5 Å². The number of hydrogen-bond donors (Lipinski definition) is 0. The largest absolute Gasteiger partial charge is 0.419 e. The Kier molecular flexibility index (Phi) is 6.88. The van der Waals surface area contributed by atoms with E-state index < -0.39 is 0 Å². The van der Waals surface area contributed by atoms with Crippen LogP contribution in [0.3, 0.4) is 0 Å². The molecule has 0 aliphatic heterocycles. The van der Waals surface area contributed by atoms with Gasteiger partial charge in [-0.3, -0.25) is 0 Å². The molecule has 5 aromatic rings. The van der Waals surface area contributed by atoms with Crippen molar-refractivity contribution in [2.75, 3.05) is 0 Å². The van der Waals surface area contributed by atoms with Crippen molar-refractivity contribution >= 4 is 50.5 Å². The zero-order valence-electron chi connectivity index (χ0n) is 18.1. The van der Waals surface area contributed by atoms with E-state index in [-0.39, 0.29) is 0 Å². The topological polar surface area (TPSA) is 56.7 Å². The van der Waals surface area contributed by atoms with Crippen molar-refractivity contribution in [3.8, 4) is 28.5 Å². The van der Waals surface area contributed by atoms with Crippen molar-refractivity contribution in [1.29, 1.82) is 0 Å². The second kappa shape index (κ2) is 10.0. The van der Waals surface area contributed by atoms with Crippen LogP contribution in [-0.2, 0) is 19.3 Å². The Morgan fingerprint density at radius 2 is 1.85 bits per heavy atom. The molecule has 3 heterocycles. The van der Waals surface area contributed by atoms with Gasteiger partial charge in [-0.1, -0.05) is 64.3 Å². The molecule has 0 radical (unpaired) electrons. The number of hydrogen-bond acceptors (Lipinski definition) is 5. The lowest BCUT2D eigenvalue weighted by atomic mass is 10.0. The van der Waals surface area contributed by atoms with Crippen LogP contribution in [-0.4, -0.2) is 20.0 Å². The van der Waals surface area contributed by atoms with E-state index in [4.69, 9.17) is 32.7 Å². The molecule has 5 rings (SSSR count). The summed E-state index contributed by atoms with van der Waals surface area (Å²) in [6.45, 7) is 2.09. The van der Waals surface area contributed by atoms with Crippen LogP contribution in [0.1, 0.15) is 23.3 Å². The summed E-state index contributed by atoms with van der Waals surface area (Å²) in [5.74, 6) is 0.995. The van der Waals surface area contributed by atoms with Crippen LogP contribution in [0.4, 0.5) is 0 Å². The minimum absolute atomic E-state index is 0.403. The van der Waals surface area contributed by atoms with Crippen molar-refractivity contribution in [3.63, 3.8) is 0 Å². The highest BCUT2D eigenvalue weighted by Crippen LogP contribution is 2.37. The third kappa shape index (κ3) is 4.70. The minimum atomic E-state index is 0.403. The summed E-state index contributed by atoms with van der Waals surface area (Å²) in [4.78, 5) is 1.29. The number of aromatic nitrogens is 4. The fourth-order valence-corrected chi connectivity index (χ4v) is 5.29. The summed E-state index contributed by atoms with van der Waals surface area (Å²) >= 11 is 18.0. The second-order valence-corrected chi connectivity index (χ2v) is 10.4. The fraction of sp³-hybridized carbons (Fsp3) is 0.160. The first-order chi connectivity index (χ1) is 16.5. The third-order valence-corrected chi connectivity index (χ3v) is 7.43. The van der Waals surface area contributed by atoms with E-state index in [1.54, 1.807) is 23.5 Å². The summed E-state index contributed by atoms with van der Waals surface area (Å²) < 4.78 is 8.90. The molecule has 0 atom stereocenters. The molecular weight excluding hydrogens is 555 g/mol. The van der Waals surface area contributed by atoms with Crippen molar-refractivity contribution in [2.24, 2.45) is 0 Å². The Labute approximate surface area is 219 Å². The van der Waals surface area contributed by atoms with E-state index in [2.05, 4.69) is 44.5 Å². The van der Waals surface area contributed by atoms with Crippen LogP contribution in [0.15, 0.2) is 68.9 Å². The molecule has 0 saturated heterocycles. The first kappa shape index (κ1) is 23.3. The summed E-state index contributed by atoms with van der Waals surface area (Å²) in [5, 5.41) is 16.7. The molecule has 0 fully saturated rings. The highest BCUT2D eigenvalue weighted by molar-refractivity contribution is 9.10. The average molecular weight is 574 g/mol. The van der Waals surface area contributed by atoms with Gasteiger partial charge >= 0.3 is 0 Å². The Morgan fingerprint density at radius 1 is 1.03 bits per heavy atom. The molecular formula is C25H19BrCl2N4OS. The van der Waals surface area contributed by atoms with Crippen molar-refractivity contribution in [1.82, 2.24) is 20.0 Å². The predicted octanol–water partition coefficient (Wildman–Crippen LogP) is 8.07. The highest BCUT2D eigenvalue weighted by Gasteiger charge is 2.25. The van der Waals surface area contributed by atoms with Gasteiger partial charge < -0.3 is 4.42 Å². The maximum Gasteiger partial charge on any atom is 0.268 e. The van der Waals surface area contributed by atoms with Gasteiger partial charge in [-0.2, -0.15) is 5.10 Å². The molecule has 2 aromatic carbocycles. The van der Waals surface area contributed by atoms with E-state index in [0.717, 1.165) is 39.8 Å². The number of halogens is 3. The van der Waals surface area contributed by atoms with Gasteiger partial charge in [-0.15, -0.1) is 21.5 Å². The maximum atomic E-state index is 6.59. The predicted molar refractivity (Wildman–Crippen MR) is 141 cm³/mol. The average Bonchev–Trinajstić information content (AvgIpc) is 3.58. The lowest BCUT2D eigenvalue weighted by Crippen LogP contribution is -2.01. The smallest absolute Gasteiger partial charge is 0.268 e. The fourth-order valence-electron chi connectivity index (χ4n) is 3.82. The minimum Gasteiger partial charge on any atom is -0.419 e. The Balaban J connectivity index is 1.61. The lowest BCUT2D eigenvalue weighted by molar-refractivity contribution is 0.503. The van der Waals surface area contributed by atoms with E-state index in [0.29, 0.717) is 33.9 Å². The molecule has 34 heavy (non-hydrogen) atoms. The van der Waals surface area contributed by atoms with Crippen LogP contribution in [0.25, 0.3) is 28.5 Å². The normalized spacial score (nSPS) is 11.3. The quantitative estimate of drug-likeness (QED) is 0.197. The van der Waals surface area contributed by atoms with Gasteiger partial charge in [0.2, 0.25) is 5.89 Å². The van der Waals surface area contributed by atoms with Crippen LogP contribution in [0, 0.1) is 0 Å². The summed E-state index contributed by atoms with van der Waals surface area (Å²) in [6.07, 6.45) is 2.26. The second-order valence-electron chi connectivity index (χ2n) is 7.62. The van der Waals surface area contributed by atoms with Crippen molar-refractivity contribution in [2.45, 2.75) is 26.2 Å². The van der Waals surface area contributed by atoms with E-state index in [9.17, 15) is 0 Å². The number of rotatable bonds is 7. The number of aryl methyl sites for hydroxylation is 2. The monoisotopic (exact) mass is 572 g/mol. The van der Waals surface area contributed by atoms with Crippen molar-refractivity contribution in [3.05, 3.63) is 90.8 Å². The molecule has 3 aromatic heterocycles. The molecule has 0 saturated carbocycles. The van der Waals surface area contributed by atoms with Gasteiger partial charge in [0.25, 0.3) is 5.89 Å². The zero-order chi connectivity index (χ0) is 23.7. The SMILES string of the molecule is CCc1c(-c2nnc(CCc3cccs3)o2)nn(-c2ccc(Cl)cc2Cl)c1-c1ccc(Br)cc1. The standard InChI is InChI=1S/C25H19BrCl2N4OS/c1-2-19-23(25-30-29-22(33-25)12-10-18-4-3-13-34-18)31-32(21-11-9-17(27)14-20(21)28)24(19)15-5-7-16(26)8-6-15/h3-9,11,13-14H,2,10,12H2,1H3. The molecule has 0 aliphatic carbocycles. The number of nitrogens with zero attached hydrogens (tertiary/aromatic N) is 4. The van der Waals surface area contributed by atoms with Gasteiger partial charge in [0.05, 0.1) is 16.4 Å². The van der Waals surface area contributed by atoms with Gasteiger partial charge in [0, 0.05) is 31.9 Å². The van der Waals surface area contributed by atoms with Gasteiger partial charge in [-0.05, 0) is 54.6 Å². The summed E-state index contributed by atoms with van der Waals surface area (Å²) in [7, 11) is 0. The third-order valence-electron chi connectivity index (χ3n) is 5.43. The van der Waals surface area contributed by atoms with E-state index in [1.165, 1.54) is 4.88 Å².